The molecule has 16 aromatic rings. The Bertz CT molecular complexity index is 5370. The average Bonchev–Trinajstić information content (AvgIpc) is 1.60. The van der Waals surface area contributed by atoms with Crippen molar-refractivity contribution in [2.75, 3.05) is 0 Å². The van der Waals surface area contributed by atoms with E-state index in [2.05, 4.69) is 138 Å². The van der Waals surface area contributed by atoms with E-state index in [4.69, 9.17) is 14.4 Å². The third kappa shape index (κ3) is 17.1. The smallest absolute Gasteiger partial charge is 0.248 e. The number of ketones is 4. The van der Waals surface area contributed by atoms with Crippen molar-refractivity contribution in [1.82, 2.24) is 35.1 Å². The molecule has 0 spiro atoms. The molecule has 0 unspecified atom stereocenters. The van der Waals surface area contributed by atoms with Crippen molar-refractivity contribution >= 4 is 45.2 Å². The van der Waals surface area contributed by atoms with E-state index in [1.54, 1.807) is 36.4 Å². The highest BCUT2D eigenvalue weighted by molar-refractivity contribution is 6.11. The minimum absolute atomic E-state index is 0.0144. The second kappa shape index (κ2) is 31.6. The van der Waals surface area contributed by atoms with E-state index in [1.807, 2.05) is 198 Å². The summed E-state index contributed by atoms with van der Waals surface area (Å²) >= 11 is 0. The van der Waals surface area contributed by atoms with Crippen molar-refractivity contribution in [3.63, 3.8) is 0 Å². The van der Waals surface area contributed by atoms with Gasteiger partial charge in [-0.25, -0.2) is 9.97 Å². The molecule has 16 rings (SSSR count). The molecule has 0 saturated carbocycles. The van der Waals surface area contributed by atoms with Crippen LogP contribution in [0.3, 0.4) is 0 Å². The SMILES string of the molecule is Cc1ccc(-c2nc3ccc(-c4ccc5nc(-c6ccc(C)cc6)[nH]c5c4)cc3[nH]2)cc1.Cc1ccc(-c2nnc(-c3ccc(C)cc3)o2)cc1.Cc1ccc(C(=O)c2ccc(-c3ccc(C(=O)c4ccc(C)cc4)cc3)cc2)cc1.Cc1ccc(C(=O)c2ccc(C(=O)c3ccc(C)cc3)nc2)cc1. The number of fused-ring (bicyclic) bond motifs is 2. The predicted octanol–water partition coefficient (Wildman–Crippen LogP) is 21.7. The number of nitrogens with zero attached hydrogens (tertiary/aromatic N) is 5. The van der Waals surface area contributed by atoms with E-state index < -0.39 is 0 Å². The second-order valence-corrected chi connectivity index (χ2v) is 26.4. The van der Waals surface area contributed by atoms with Crippen LogP contribution in [0.2, 0.25) is 0 Å². The number of benzene rings is 12. The summed E-state index contributed by atoms with van der Waals surface area (Å²) in [6.07, 6.45) is 1.46. The highest BCUT2D eigenvalue weighted by atomic mass is 16.4. The number of hydrogen-bond donors (Lipinski definition) is 2. The average molecular weight is 1370 g/mol. The number of nitrogens with one attached hydrogen (secondary N) is 2. The zero-order valence-electron chi connectivity index (χ0n) is 59.6. The van der Waals surface area contributed by atoms with Gasteiger partial charge in [0.2, 0.25) is 17.6 Å². The first kappa shape index (κ1) is 70.0. The Morgan fingerprint density at radius 3 is 0.810 bits per heavy atom. The van der Waals surface area contributed by atoms with Gasteiger partial charge in [0.1, 0.15) is 17.3 Å². The van der Waals surface area contributed by atoms with Gasteiger partial charge in [-0.05, 0) is 138 Å². The molecule has 0 aliphatic rings. The first-order chi connectivity index (χ1) is 50.9. The summed E-state index contributed by atoms with van der Waals surface area (Å²) < 4.78 is 5.71. The van der Waals surface area contributed by atoms with E-state index >= 15 is 0 Å². The predicted molar refractivity (Wildman–Crippen MR) is 421 cm³/mol. The number of aromatic amines is 2. The largest absolute Gasteiger partial charge is 0.416 e. The van der Waals surface area contributed by atoms with Gasteiger partial charge in [-0.15, -0.1) is 10.2 Å². The van der Waals surface area contributed by atoms with Gasteiger partial charge in [0, 0.05) is 67.4 Å². The van der Waals surface area contributed by atoms with Gasteiger partial charge >= 0.3 is 0 Å². The number of imidazole rings is 2. The summed E-state index contributed by atoms with van der Waals surface area (Å²) in [5.41, 5.74) is 26.4. The molecule has 0 saturated heterocycles. The molecule has 0 amide bonds. The Labute approximate surface area is 610 Å². The molecule has 105 heavy (non-hydrogen) atoms. The monoisotopic (exact) mass is 1370 g/mol. The molecule has 0 bridgehead atoms. The lowest BCUT2D eigenvalue weighted by Gasteiger charge is -2.07. The quantitative estimate of drug-likeness (QED) is 0.0996. The van der Waals surface area contributed by atoms with Gasteiger partial charge in [-0.1, -0.05) is 275 Å². The van der Waals surface area contributed by atoms with Gasteiger partial charge in [-0.2, -0.15) is 0 Å². The van der Waals surface area contributed by atoms with Crippen LogP contribution in [-0.4, -0.2) is 58.3 Å². The molecular formula is C93H75N7O5. The maximum absolute atomic E-state index is 12.6. The van der Waals surface area contributed by atoms with Crippen LogP contribution in [-0.2, 0) is 0 Å². The first-order valence-electron chi connectivity index (χ1n) is 34.6. The summed E-state index contributed by atoms with van der Waals surface area (Å²) in [7, 11) is 0. The van der Waals surface area contributed by atoms with E-state index in [9.17, 15) is 19.2 Å². The molecule has 2 N–H and O–H groups in total. The van der Waals surface area contributed by atoms with Crippen molar-refractivity contribution in [2.24, 2.45) is 0 Å². The molecule has 512 valence electrons. The molecule has 0 aliphatic heterocycles. The third-order valence-corrected chi connectivity index (χ3v) is 18.1. The summed E-state index contributed by atoms with van der Waals surface area (Å²) in [5, 5.41) is 8.20. The van der Waals surface area contributed by atoms with Crippen LogP contribution in [0.25, 0.3) is 90.0 Å². The van der Waals surface area contributed by atoms with Crippen LogP contribution in [0.1, 0.15) is 108 Å². The van der Waals surface area contributed by atoms with Gasteiger partial charge in [-0.3, -0.25) is 24.2 Å². The first-order valence-corrected chi connectivity index (χ1v) is 34.6. The van der Waals surface area contributed by atoms with E-state index in [0.717, 1.165) is 100 Å². The standard InChI is InChI=1S/C28H22N4.C28H22O2.C21H17NO2.C16H14N2O/c1-17-3-7-19(8-4-17)27-29-23-13-11-21(15-25(23)31-27)22-12-14-24-26(16-22)32-28(30-24)20-9-5-18(2)6-10-20;1-19-3-7-23(8-4-19)27(29)25-15-11-21(12-16-25)22-13-17-26(18-14-22)28(30)24-9-5-20(2)6-10-24;1-14-3-7-16(8-4-14)20(23)18-11-12-19(22-13-18)21(24)17-9-5-15(2)6-10-17;1-11-3-7-13(8-4-11)15-17-18-16(19-15)14-9-5-12(2)6-10-14/h3-16H,1-2H3,(H,29,31)(H,30,32);3-18H,1-2H3;3-13H,1-2H3;3-10H,1-2H3. The zero-order chi connectivity index (χ0) is 73.1. The molecule has 4 aromatic heterocycles. The Hall–Kier alpha value is -13.5. The summed E-state index contributed by atoms with van der Waals surface area (Å²) in [6.45, 7) is 16.2. The lowest BCUT2D eigenvalue weighted by Crippen LogP contribution is -2.07. The van der Waals surface area contributed by atoms with Crippen molar-refractivity contribution in [1.29, 1.82) is 0 Å². The van der Waals surface area contributed by atoms with Crippen LogP contribution in [0, 0.1) is 55.4 Å². The Balaban J connectivity index is 0.000000126. The van der Waals surface area contributed by atoms with E-state index in [1.165, 1.54) is 28.5 Å². The summed E-state index contributed by atoms with van der Waals surface area (Å²) in [4.78, 5) is 70.8. The Morgan fingerprint density at radius 1 is 0.257 bits per heavy atom. The van der Waals surface area contributed by atoms with Gasteiger partial charge < -0.3 is 14.4 Å². The van der Waals surface area contributed by atoms with Crippen LogP contribution in [0.4, 0.5) is 0 Å². The van der Waals surface area contributed by atoms with Crippen molar-refractivity contribution < 1.29 is 23.6 Å². The maximum Gasteiger partial charge on any atom is 0.248 e. The Kier molecular flexibility index (Phi) is 21.1. The fourth-order valence-corrected chi connectivity index (χ4v) is 11.7. The molecule has 12 aromatic carbocycles. The second-order valence-electron chi connectivity index (χ2n) is 26.4. The third-order valence-electron chi connectivity index (χ3n) is 18.1. The molecule has 0 aliphatic carbocycles. The van der Waals surface area contributed by atoms with Crippen molar-refractivity contribution in [3.05, 3.63) is 387 Å². The minimum Gasteiger partial charge on any atom is -0.416 e. The van der Waals surface area contributed by atoms with Gasteiger partial charge in [0.25, 0.3) is 0 Å². The van der Waals surface area contributed by atoms with Crippen LogP contribution < -0.4 is 0 Å². The highest BCUT2D eigenvalue weighted by Crippen LogP contribution is 2.31. The number of rotatable bonds is 14. The topological polar surface area (TPSA) is 177 Å². The molecule has 4 heterocycles. The number of hydrogen-bond acceptors (Lipinski definition) is 10. The number of H-pyrrole nitrogens is 2. The molecule has 0 radical (unpaired) electrons. The fraction of sp³-hybridized carbons (Fsp3) is 0.0860. The molecule has 0 fully saturated rings. The molecular weight excluding hydrogens is 1300 g/mol. The van der Waals surface area contributed by atoms with Crippen LogP contribution in [0.15, 0.2) is 302 Å². The normalized spacial score (nSPS) is 10.8. The lowest BCUT2D eigenvalue weighted by molar-refractivity contribution is 0.102. The number of carbonyl (C=O) groups is 4. The van der Waals surface area contributed by atoms with Crippen LogP contribution >= 0.6 is 0 Å². The number of carbonyl (C=O) groups excluding carboxylic acids is 4. The molecule has 12 heteroatoms. The minimum atomic E-state index is -0.149. The Morgan fingerprint density at radius 2 is 0.505 bits per heavy atom. The van der Waals surface area contributed by atoms with E-state index in [-0.39, 0.29) is 23.1 Å². The molecule has 12 nitrogen and oxygen atoms in total. The van der Waals surface area contributed by atoms with Crippen molar-refractivity contribution in [3.8, 4) is 67.9 Å². The van der Waals surface area contributed by atoms with Gasteiger partial charge in [0.15, 0.2) is 17.3 Å². The number of aryl methyl sites for hydroxylation is 8. The lowest BCUT2D eigenvalue weighted by atomic mass is 9.97. The molecule has 0 atom stereocenters. The highest BCUT2D eigenvalue weighted by Gasteiger charge is 2.17. The fourth-order valence-electron chi connectivity index (χ4n) is 11.7. The summed E-state index contributed by atoms with van der Waals surface area (Å²) in [6, 6.07) is 94.0. The van der Waals surface area contributed by atoms with Gasteiger partial charge in [0.05, 0.1) is 22.1 Å². The maximum atomic E-state index is 12.6. The van der Waals surface area contributed by atoms with Crippen molar-refractivity contribution in [2.45, 2.75) is 55.4 Å². The number of pyridine rings is 1. The van der Waals surface area contributed by atoms with Crippen LogP contribution in [0.5, 0.6) is 0 Å². The van der Waals surface area contributed by atoms with E-state index in [0.29, 0.717) is 56.4 Å². The summed E-state index contributed by atoms with van der Waals surface area (Å²) in [5.74, 6) is 2.67. The number of aromatic nitrogens is 7. The zero-order valence-corrected chi connectivity index (χ0v) is 59.6.